The Morgan fingerprint density at radius 2 is 2.44 bits per heavy atom. The molecule has 0 aliphatic carbocycles. The maximum Gasteiger partial charge on any atom is 0.103 e. The fourth-order valence-corrected chi connectivity index (χ4v) is 2.72. The first-order valence-electron chi connectivity index (χ1n) is 7.18. The molecule has 102 valence electrons. The van der Waals surface area contributed by atoms with Crippen molar-refractivity contribution in [2.24, 2.45) is 5.92 Å². The molecule has 0 spiro atoms. The van der Waals surface area contributed by atoms with Crippen molar-refractivity contribution in [3.05, 3.63) is 24.2 Å². The lowest BCUT2D eigenvalue weighted by molar-refractivity contribution is 0.202. The largest absolute Gasteiger partial charge is 0.469 e. The third kappa shape index (κ3) is 4.46. The summed E-state index contributed by atoms with van der Waals surface area (Å²) in [5.74, 6) is 1.93. The zero-order valence-corrected chi connectivity index (χ0v) is 11.7. The van der Waals surface area contributed by atoms with Crippen molar-refractivity contribution in [2.45, 2.75) is 38.6 Å². The van der Waals surface area contributed by atoms with Crippen molar-refractivity contribution in [2.75, 3.05) is 26.7 Å². The summed E-state index contributed by atoms with van der Waals surface area (Å²) in [6.07, 6.45) is 6.67. The van der Waals surface area contributed by atoms with Gasteiger partial charge in [-0.15, -0.1) is 0 Å². The van der Waals surface area contributed by atoms with Gasteiger partial charge in [0.2, 0.25) is 0 Å². The maximum absolute atomic E-state index is 5.36. The van der Waals surface area contributed by atoms with Crippen LogP contribution in [-0.4, -0.2) is 37.6 Å². The minimum absolute atomic E-state index is 0.572. The summed E-state index contributed by atoms with van der Waals surface area (Å²) in [7, 11) is 2.23. The number of nitrogens with zero attached hydrogens (tertiary/aromatic N) is 1. The predicted molar refractivity (Wildman–Crippen MR) is 74.7 cm³/mol. The summed E-state index contributed by atoms with van der Waals surface area (Å²) in [6.45, 7) is 5.95. The van der Waals surface area contributed by atoms with E-state index in [1.165, 1.54) is 25.9 Å². The first-order valence-corrected chi connectivity index (χ1v) is 7.18. The van der Waals surface area contributed by atoms with Gasteiger partial charge in [-0.25, -0.2) is 0 Å². The molecule has 0 amide bonds. The van der Waals surface area contributed by atoms with Gasteiger partial charge in [-0.1, -0.05) is 0 Å². The topological polar surface area (TPSA) is 28.4 Å². The molecule has 1 N–H and O–H groups in total. The van der Waals surface area contributed by atoms with Crippen LogP contribution in [0.5, 0.6) is 0 Å². The molecule has 1 aliphatic rings. The van der Waals surface area contributed by atoms with Crippen LogP contribution in [0.25, 0.3) is 0 Å². The van der Waals surface area contributed by atoms with Crippen LogP contribution in [0.1, 0.15) is 31.9 Å². The number of aryl methyl sites for hydroxylation is 1. The summed E-state index contributed by atoms with van der Waals surface area (Å²) in [6, 6.07) is 4.59. The van der Waals surface area contributed by atoms with Gasteiger partial charge < -0.3 is 14.6 Å². The quantitative estimate of drug-likeness (QED) is 0.841. The Labute approximate surface area is 111 Å². The Hall–Kier alpha value is -0.800. The van der Waals surface area contributed by atoms with Gasteiger partial charge in [0.25, 0.3) is 0 Å². The fourth-order valence-electron chi connectivity index (χ4n) is 2.72. The van der Waals surface area contributed by atoms with Crippen molar-refractivity contribution in [3.8, 4) is 0 Å². The Kier molecular flexibility index (Phi) is 5.26. The van der Waals surface area contributed by atoms with E-state index in [9.17, 15) is 0 Å². The normalized spacial score (nSPS) is 23.1. The lowest BCUT2D eigenvalue weighted by Gasteiger charge is -2.30. The second-order valence-corrected chi connectivity index (χ2v) is 5.70. The molecule has 3 heteroatoms. The van der Waals surface area contributed by atoms with E-state index in [0.717, 1.165) is 31.1 Å². The van der Waals surface area contributed by atoms with E-state index >= 15 is 0 Å². The van der Waals surface area contributed by atoms with Gasteiger partial charge in [0.1, 0.15) is 5.76 Å². The van der Waals surface area contributed by atoms with Gasteiger partial charge in [0.15, 0.2) is 0 Å². The van der Waals surface area contributed by atoms with Crippen molar-refractivity contribution < 1.29 is 4.42 Å². The van der Waals surface area contributed by atoms with Crippen LogP contribution < -0.4 is 5.32 Å². The highest BCUT2D eigenvalue weighted by Gasteiger charge is 2.17. The van der Waals surface area contributed by atoms with E-state index in [-0.39, 0.29) is 0 Å². The number of hydrogen-bond acceptors (Lipinski definition) is 3. The van der Waals surface area contributed by atoms with Crippen LogP contribution in [0, 0.1) is 5.92 Å². The SMILES string of the molecule is CC(CCc1ccco1)NCC1CCCN(C)C1. The fraction of sp³-hybridized carbons (Fsp3) is 0.733. The third-order valence-electron chi connectivity index (χ3n) is 3.88. The lowest BCUT2D eigenvalue weighted by atomic mass is 9.98. The van der Waals surface area contributed by atoms with Crippen molar-refractivity contribution >= 4 is 0 Å². The summed E-state index contributed by atoms with van der Waals surface area (Å²) >= 11 is 0. The molecule has 0 radical (unpaired) electrons. The van der Waals surface area contributed by atoms with Crippen LogP contribution in [0.2, 0.25) is 0 Å². The Balaban J connectivity index is 1.60. The number of likely N-dealkylation sites (tertiary alicyclic amines) is 1. The Bertz CT molecular complexity index is 323. The smallest absolute Gasteiger partial charge is 0.103 e. The van der Waals surface area contributed by atoms with E-state index in [4.69, 9.17) is 4.42 Å². The molecule has 2 atom stereocenters. The minimum Gasteiger partial charge on any atom is -0.469 e. The molecule has 1 aliphatic heterocycles. The minimum atomic E-state index is 0.572. The van der Waals surface area contributed by atoms with Crippen LogP contribution in [0.3, 0.4) is 0 Å². The number of rotatable bonds is 6. The molecule has 1 aromatic rings. The molecule has 1 aromatic heterocycles. The van der Waals surface area contributed by atoms with Gasteiger partial charge in [-0.2, -0.15) is 0 Å². The van der Waals surface area contributed by atoms with Gasteiger partial charge >= 0.3 is 0 Å². The second-order valence-electron chi connectivity index (χ2n) is 5.70. The molecule has 2 unspecified atom stereocenters. The number of hydrogen-bond donors (Lipinski definition) is 1. The van der Waals surface area contributed by atoms with Crippen LogP contribution in [0.4, 0.5) is 0 Å². The average molecular weight is 250 g/mol. The van der Waals surface area contributed by atoms with Gasteiger partial charge in [-0.3, -0.25) is 0 Å². The first kappa shape index (κ1) is 13.6. The van der Waals surface area contributed by atoms with Crippen molar-refractivity contribution in [1.29, 1.82) is 0 Å². The molecule has 2 heterocycles. The average Bonchev–Trinajstić information content (AvgIpc) is 2.87. The molecule has 0 saturated carbocycles. The van der Waals surface area contributed by atoms with Gasteiger partial charge in [0.05, 0.1) is 6.26 Å². The maximum atomic E-state index is 5.36. The second kappa shape index (κ2) is 6.95. The number of furan rings is 1. The molecular formula is C15H26N2O. The molecule has 3 nitrogen and oxygen atoms in total. The van der Waals surface area contributed by atoms with Crippen molar-refractivity contribution in [1.82, 2.24) is 10.2 Å². The molecule has 1 fully saturated rings. The van der Waals surface area contributed by atoms with Crippen molar-refractivity contribution in [3.63, 3.8) is 0 Å². The van der Waals surface area contributed by atoms with E-state index in [2.05, 4.69) is 30.3 Å². The highest BCUT2D eigenvalue weighted by atomic mass is 16.3. The number of piperidine rings is 1. The van der Waals surface area contributed by atoms with E-state index < -0.39 is 0 Å². The van der Waals surface area contributed by atoms with E-state index in [0.29, 0.717) is 6.04 Å². The summed E-state index contributed by atoms with van der Waals surface area (Å²) in [4.78, 5) is 2.45. The Morgan fingerprint density at radius 1 is 1.56 bits per heavy atom. The number of nitrogens with one attached hydrogen (secondary N) is 1. The molecule has 1 saturated heterocycles. The third-order valence-corrected chi connectivity index (χ3v) is 3.88. The van der Waals surface area contributed by atoms with Crippen LogP contribution in [0.15, 0.2) is 22.8 Å². The molecular weight excluding hydrogens is 224 g/mol. The summed E-state index contributed by atoms with van der Waals surface area (Å²) in [5, 5.41) is 3.67. The predicted octanol–water partition coefficient (Wildman–Crippen LogP) is 2.53. The summed E-state index contributed by atoms with van der Waals surface area (Å²) < 4.78 is 5.36. The molecule has 0 bridgehead atoms. The molecule has 0 aromatic carbocycles. The Morgan fingerprint density at radius 3 is 3.17 bits per heavy atom. The molecule has 2 rings (SSSR count). The highest BCUT2D eigenvalue weighted by Crippen LogP contribution is 2.14. The van der Waals surface area contributed by atoms with Crippen LogP contribution in [-0.2, 0) is 6.42 Å². The van der Waals surface area contributed by atoms with Crippen LogP contribution >= 0.6 is 0 Å². The lowest BCUT2D eigenvalue weighted by Crippen LogP contribution is -2.39. The zero-order valence-electron chi connectivity index (χ0n) is 11.7. The van der Waals surface area contributed by atoms with Gasteiger partial charge in [-0.05, 0) is 64.4 Å². The van der Waals surface area contributed by atoms with Gasteiger partial charge in [0, 0.05) is 19.0 Å². The monoisotopic (exact) mass is 250 g/mol. The van der Waals surface area contributed by atoms with E-state index in [1.54, 1.807) is 6.26 Å². The first-order chi connectivity index (χ1) is 8.74. The highest BCUT2D eigenvalue weighted by molar-refractivity contribution is 4.98. The van der Waals surface area contributed by atoms with E-state index in [1.807, 2.05) is 6.07 Å². The summed E-state index contributed by atoms with van der Waals surface area (Å²) in [5.41, 5.74) is 0. The molecule has 18 heavy (non-hydrogen) atoms. The standard InChI is InChI=1S/C15H26N2O/c1-13(7-8-15-6-4-10-18-15)16-11-14-5-3-9-17(2)12-14/h4,6,10,13-14,16H,3,5,7-9,11-12H2,1-2H3. The zero-order chi connectivity index (χ0) is 12.8.